The van der Waals surface area contributed by atoms with E-state index in [0.29, 0.717) is 17.1 Å². The second kappa shape index (κ2) is 14.4. The zero-order chi connectivity index (χ0) is 31.8. The predicted molar refractivity (Wildman–Crippen MR) is 174 cm³/mol. The number of carboxylic acids is 1. The Hall–Kier alpha value is -5.31. The highest BCUT2D eigenvalue weighted by Gasteiger charge is 2.24. The number of carbonyl (C=O) groups excluding carboxylic acids is 2. The van der Waals surface area contributed by atoms with Crippen molar-refractivity contribution in [1.82, 2.24) is 5.32 Å². The molecule has 2 amide bonds. The van der Waals surface area contributed by atoms with Crippen molar-refractivity contribution in [3.63, 3.8) is 0 Å². The number of aromatic carboxylic acids is 1. The quantitative estimate of drug-likeness (QED) is 0.177. The lowest BCUT2D eigenvalue weighted by Crippen LogP contribution is -2.39. The van der Waals surface area contributed by atoms with Crippen molar-refractivity contribution >= 4 is 29.2 Å². The lowest BCUT2D eigenvalue weighted by Gasteiger charge is -2.29. The minimum atomic E-state index is -1.10. The highest BCUT2D eigenvalue weighted by Crippen LogP contribution is 2.28. The molecule has 1 fully saturated rings. The normalized spacial score (nSPS) is 15.9. The summed E-state index contributed by atoms with van der Waals surface area (Å²) in [5.74, 6) is 0.597. The molecule has 1 aliphatic carbocycles. The molecule has 232 valence electrons. The monoisotopic (exact) mass is 607 g/mol. The number of anilines is 2. The molecule has 4 aromatic carbocycles. The zero-order valence-corrected chi connectivity index (χ0v) is 25.4. The van der Waals surface area contributed by atoms with Crippen molar-refractivity contribution in [2.24, 2.45) is 0 Å². The number of carbonyl (C=O) groups is 3. The Bertz CT molecular complexity index is 1610. The van der Waals surface area contributed by atoms with Crippen LogP contribution in [0.25, 0.3) is 0 Å². The highest BCUT2D eigenvalue weighted by molar-refractivity contribution is 6.01. The first-order valence-corrected chi connectivity index (χ1v) is 15.0. The number of hydrogen-bond donors (Lipinski definition) is 3. The van der Waals surface area contributed by atoms with E-state index in [9.17, 15) is 19.5 Å². The van der Waals surface area contributed by atoms with Crippen LogP contribution in [0.15, 0.2) is 97.1 Å². The molecule has 1 aliphatic rings. The van der Waals surface area contributed by atoms with Crippen LogP contribution in [0.1, 0.15) is 52.0 Å². The van der Waals surface area contributed by atoms with Crippen LogP contribution in [0.3, 0.4) is 0 Å². The Kier molecular flexibility index (Phi) is 9.99. The molecular formula is C36H37N3O6. The number of ether oxygens (including phenoxy) is 2. The number of benzene rings is 4. The summed E-state index contributed by atoms with van der Waals surface area (Å²) in [6, 6.07) is 28.7. The number of rotatable bonds is 11. The smallest absolute Gasteiger partial charge is 0.337 e. The van der Waals surface area contributed by atoms with E-state index < -0.39 is 5.97 Å². The summed E-state index contributed by atoms with van der Waals surface area (Å²) < 4.78 is 12.2. The third-order valence-corrected chi connectivity index (χ3v) is 7.74. The second-order valence-corrected chi connectivity index (χ2v) is 11.3. The fourth-order valence-electron chi connectivity index (χ4n) is 5.25. The average Bonchev–Trinajstić information content (AvgIpc) is 3.04. The van der Waals surface area contributed by atoms with Gasteiger partial charge in [0.25, 0.3) is 5.91 Å². The van der Waals surface area contributed by atoms with E-state index in [-0.39, 0.29) is 41.6 Å². The molecule has 0 heterocycles. The minimum Gasteiger partial charge on any atom is -0.490 e. The van der Waals surface area contributed by atoms with Gasteiger partial charge in [-0.05, 0) is 104 Å². The summed E-state index contributed by atoms with van der Waals surface area (Å²) in [4.78, 5) is 38.5. The number of nitrogens with zero attached hydrogens (tertiary/aromatic N) is 1. The molecule has 9 nitrogen and oxygen atoms in total. The van der Waals surface area contributed by atoms with E-state index in [1.807, 2.05) is 67.5 Å². The van der Waals surface area contributed by atoms with Crippen molar-refractivity contribution in [1.29, 1.82) is 0 Å². The van der Waals surface area contributed by atoms with Gasteiger partial charge in [-0.25, -0.2) is 4.79 Å². The highest BCUT2D eigenvalue weighted by atomic mass is 16.5. The fraction of sp³-hybridized carbons (Fsp3) is 0.250. The van der Waals surface area contributed by atoms with E-state index >= 15 is 0 Å². The van der Waals surface area contributed by atoms with E-state index in [2.05, 4.69) is 10.6 Å². The van der Waals surface area contributed by atoms with Gasteiger partial charge in [0, 0.05) is 31.4 Å². The number of amides is 2. The molecule has 0 spiro atoms. The molecule has 0 aliphatic heterocycles. The lowest BCUT2D eigenvalue weighted by molar-refractivity contribution is -0.115. The van der Waals surface area contributed by atoms with Crippen molar-refractivity contribution in [3.05, 3.63) is 114 Å². The first kappa shape index (κ1) is 31.1. The molecule has 4 aromatic rings. The molecule has 0 atom stereocenters. The zero-order valence-electron chi connectivity index (χ0n) is 25.4. The fourth-order valence-corrected chi connectivity index (χ4v) is 5.25. The van der Waals surface area contributed by atoms with Gasteiger partial charge in [-0.1, -0.05) is 24.3 Å². The maximum Gasteiger partial charge on any atom is 0.337 e. The number of hydrogen-bond acceptors (Lipinski definition) is 6. The summed E-state index contributed by atoms with van der Waals surface area (Å²) in [5.41, 5.74) is 2.80. The van der Waals surface area contributed by atoms with Gasteiger partial charge in [-0.3, -0.25) is 9.59 Å². The van der Waals surface area contributed by atoms with Crippen molar-refractivity contribution < 1.29 is 29.0 Å². The Balaban J connectivity index is 1.05. The van der Waals surface area contributed by atoms with E-state index in [4.69, 9.17) is 9.47 Å². The standard InChI is InChI=1S/C36H37N3O6/c1-39(2)27-13-9-25(10-14-27)35(41)37-26-11-17-29(18-12-26)45-31-21-19-30(20-22-31)44-28-15-7-24(8-16-28)23-34(40)38-33-6-4-3-5-32(33)36(42)43/h3-10,13-16,19-22,26,29H,11-12,17-18,23H2,1-2H3,(H,37,41)(H,38,40)(H,42,43). The van der Waals surface area contributed by atoms with Gasteiger partial charge in [0.05, 0.1) is 23.8 Å². The molecule has 1 saturated carbocycles. The summed E-state index contributed by atoms with van der Waals surface area (Å²) in [5, 5.41) is 15.1. The lowest BCUT2D eigenvalue weighted by atomic mass is 9.92. The van der Waals surface area contributed by atoms with Crippen LogP contribution in [0.2, 0.25) is 0 Å². The average molecular weight is 608 g/mol. The van der Waals surface area contributed by atoms with Crippen molar-refractivity contribution in [2.45, 2.75) is 44.2 Å². The van der Waals surface area contributed by atoms with Gasteiger partial charge >= 0.3 is 5.97 Å². The van der Waals surface area contributed by atoms with Crippen LogP contribution >= 0.6 is 0 Å². The first-order valence-electron chi connectivity index (χ1n) is 15.0. The summed E-state index contributed by atoms with van der Waals surface area (Å²) >= 11 is 0. The Morgan fingerprint density at radius 3 is 2.00 bits per heavy atom. The third-order valence-electron chi connectivity index (χ3n) is 7.74. The van der Waals surface area contributed by atoms with E-state index in [0.717, 1.165) is 42.7 Å². The van der Waals surface area contributed by atoms with Crippen molar-refractivity contribution in [3.8, 4) is 17.2 Å². The van der Waals surface area contributed by atoms with Gasteiger partial charge in [-0.2, -0.15) is 0 Å². The summed E-state index contributed by atoms with van der Waals surface area (Å²) in [6.45, 7) is 0. The molecule has 0 aromatic heterocycles. The molecule has 5 rings (SSSR count). The molecule has 0 saturated heterocycles. The van der Waals surface area contributed by atoms with Gasteiger partial charge in [-0.15, -0.1) is 0 Å². The third kappa shape index (κ3) is 8.63. The van der Waals surface area contributed by atoms with E-state index in [1.165, 1.54) is 6.07 Å². The maximum absolute atomic E-state index is 12.7. The molecule has 45 heavy (non-hydrogen) atoms. The Morgan fingerprint density at radius 1 is 0.778 bits per heavy atom. The van der Waals surface area contributed by atoms with Crippen LogP contribution in [0.5, 0.6) is 17.2 Å². The number of carboxylic acid groups (broad SMARTS) is 1. The van der Waals surface area contributed by atoms with Crippen LogP contribution in [0, 0.1) is 0 Å². The number of para-hydroxylation sites is 1. The Morgan fingerprint density at radius 2 is 1.38 bits per heavy atom. The van der Waals surface area contributed by atoms with Crippen molar-refractivity contribution in [2.75, 3.05) is 24.3 Å². The predicted octanol–water partition coefficient (Wildman–Crippen LogP) is 6.54. The SMILES string of the molecule is CN(C)c1ccc(C(=O)NC2CCC(Oc3ccc(Oc4ccc(CC(=O)Nc5ccccc5C(=O)O)cc4)cc3)CC2)cc1. The summed E-state index contributed by atoms with van der Waals surface area (Å²) in [7, 11) is 3.95. The molecule has 9 heteroatoms. The summed E-state index contributed by atoms with van der Waals surface area (Å²) in [6.07, 6.45) is 3.63. The largest absolute Gasteiger partial charge is 0.490 e. The topological polar surface area (TPSA) is 117 Å². The van der Waals surface area contributed by atoms with Crippen LogP contribution in [0.4, 0.5) is 11.4 Å². The number of nitrogens with one attached hydrogen (secondary N) is 2. The van der Waals surface area contributed by atoms with Gasteiger partial charge in [0.15, 0.2) is 0 Å². The van der Waals surface area contributed by atoms with Crippen LogP contribution in [-0.4, -0.2) is 49.1 Å². The molecule has 0 radical (unpaired) electrons. The van der Waals surface area contributed by atoms with Gasteiger partial charge < -0.3 is 30.1 Å². The first-order chi connectivity index (χ1) is 21.7. The van der Waals surface area contributed by atoms with Gasteiger partial charge in [0.1, 0.15) is 17.2 Å². The second-order valence-electron chi connectivity index (χ2n) is 11.3. The van der Waals surface area contributed by atoms with Crippen LogP contribution in [-0.2, 0) is 11.2 Å². The molecule has 0 bridgehead atoms. The minimum absolute atomic E-state index is 0.0421. The maximum atomic E-state index is 12.7. The molecule has 3 N–H and O–H groups in total. The van der Waals surface area contributed by atoms with Gasteiger partial charge in [0.2, 0.25) is 5.91 Å². The molecular weight excluding hydrogens is 570 g/mol. The Labute approximate surface area is 262 Å². The van der Waals surface area contributed by atoms with E-state index in [1.54, 1.807) is 42.5 Å². The van der Waals surface area contributed by atoms with Crippen LogP contribution < -0.4 is 25.0 Å². The molecule has 0 unspecified atom stereocenters.